The summed E-state index contributed by atoms with van der Waals surface area (Å²) in [6.07, 6.45) is 0. The molecule has 0 unspecified atom stereocenters. The van der Waals surface area contributed by atoms with Crippen LogP contribution in [0.1, 0.15) is 52.7 Å². The van der Waals surface area contributed by atoms with Gasteiger partial charge in [-0.05, 0) is 202 Å². The third-order valence-corrected chi connectivity index (χ3v) is 24.2. The second kappa shape index (κ2) is 27.4. The maximum Gasteiger partial charge on any atom is 0.252 e. The molecule has 4 heterocycles. The normalized spacial score (nSPS) is 12.6. The van der Waals surface area contributed by atoms with E-state index in [0.29, 0.717) is 0 Å². The molecule has 0 fully saturated rings. The minimum absolute atomic E-state index is 0.254. The van der Waals surface area contributed by atoms with Crippen LogP contribution < -0.4 is 26.2 Å². The average Bonchev–Trinajstić information content (AvgIpc) is 0.996. The molecule has 0 atom stereocenters. The van der Waals surface area contributed by atoms with Crippen LogP contribution in [0.3, 0.4) is 0 Å². The van der Waals surface area contributed by atoms with Gasteiger partial charge in [0.15, 0.2) is 0 Å². The van der Waals surface area contributed by atoms with Gasteiger partial charge in [-0.1, -0.05) is 339 Å². The maximum atomic E-state index is 2.75. The average molecular weight is 1470 g/mol. The van der Waals surface area contributed by atoms with Crippen molar-refractivity contribution < 1.29 is 0 Å². The SMILES string of the molecule is CC(C)(C)c1cc(-c2ccccc2)c(N2c3cc(-n4c5ccccc5c5ccccc54)ccc3B3c4ccc(-n5c6ccccc6c6ccccc65)cc4N(c4c(-c5ccccc5)cccc4-c4cccc(-c5cccc(-c6ccccc6)c5)c4)c4cc(C(C)(C)C)cc2c43)c(-c2cccc(-c3cccc(-c4ccccc4)c3)c2)c1. The van der Waals surface area contributed by atoms with Crippen molar-refractivity contribution in [1.82, 2.24) is 9.13 Å². The summed E-state index contributed by atoms with van der Waals surface area (Å²) >= 11 is 0. The lowest BCUT2D eigenvalue weighted by atomic mass is 9.33. The Hall–Kier alpha value is -14.0. The van der Waals surface area contributed by atoms with E-state index in [1.807, 2.05) is 0 Å². The minimum Gasteiger partial charge on any atom is -0.310 e. The third-order valence-electron chi connectivity index (χ3n) is 24.2. The molecule has 4 nitrogen and oxygen atoms in total. The third kappa shape index (κ3) is 11.7. The van der Waals surface area contributed by atoms with Gasteiger partial charge in [0.2, 0.25) is 0 Å². The van der Waals surface area contributed by atoms with Crippen molar-refractivity contribution in [3.63, 3.8) is 0 Å². The van der Waals surface area contributed by atoms with Gasteiger partial charge in [-0.2, -0.15) is 0 Å². The number of rotatable bonds is 12. The van der Waals surface area contributed by atoms with E-state index in [1.54, 1.807) is 0 Å². The molecule has 0 aliphatic carbocycles. The van der Waals surface area contributed by atoms with E-state index in [-0.39, 0.29) is 17.5 Å². The number of fused-ring (bicyclic) bond motifs is 10. The molecular formula is C110H83BN4. The van der Waals surface area contributed by atoms with Gasteiger partial charge < -0.3 is 18.9 Å². The van der Waals surface area contributed by atoms with Crippen molar-refractivity contribution in [2.24, 2.45) is 0 Å². The molecule has 115 heavy (non-hydrogen) atoms. The Labute approximate surface area is 673 Å². The molecule has 0 saturated carbocycles. The largest absolute Gasteiger partial charge is 0.310 e. The van der Waals surface area contributed by atoms with Crippen molar-refractivity contribution in [2.45, 2.75) is 52.4 Å². The summed E-state index contributed by atoms with van der Waals surface area (Å²) in [4.78, 5) is 5.47. The summed E-state index contributed by atoms with van der Waals surface area (Å²) in [5.41, 5.74) is 37.4. The van der Waals surface area contributed by atoms with Gasteiger partial charge >= 0.3 is 0 Å². The molecule has 0 N–H and O–H groups in total. The van der Waals surface area contributed by atoms with Crippen molar-refractivity contribution in [3.05, 3.63) is 405 Å². The molecular weight excluding hydrogens is 1390 g/mol. The number of nitrogens with zero attached hydrogens (tertiary/aromatic N) is 4. The van der Waals surface area contributed by atoms with Gasteiger partial charge in [-0.15, -0.1) is 0 Å². The standard InChI is InChI=1S/C110H83BN4/c1-109(2,3)84-66-94(75-38-17-10-18-39-75)108(95(67-84)83-47-30-45-81(65-83)79-43-28-41-77(63-79)73-34-13-8-14-35-73)115-103-71-87(113-100-56-25-21-50-92(100)93-51-22-26-57-101(93)113)59-61-97(103)111-96-60-58-86(112-98-54-23-19-48-90(98)91-49-20-24-55-99(91)112)70-102(96)114(104-68-85(110(4,5)6)69-105(115)106(104)111)107-88(74-36-15-9-16-37-74)52-31-53-89(107)82-46-29-44-80(64-82)78-42-27-40-76(62-78)72-32-11-7-12-33-72/h7-71H,1-6H3. The van der Waals surface area contributed by atoms with E-state index < -0.39 is 0 Å². The lowest BCUT2D eigenvalue weighted by Crippen LogP contribution is -2.61. The highest BCUT2D eigenvalue weighted by atomic mass is 15.2. The number of anilines is 6. The topological polar surface area (TPSA) is 16.3 Å². The van der Waals surface area contributed by atoms with Gasteiger partial charge in [0.1, 0.15) is 0 Å². The molecule has 17 aromatic carbocycles. The van der Waals surface area contributed by atoms with Gasteiger partial charge in [0, 0.05) is 77.9 Å². The van der Waals surface area contributed by atoms with Crippen LogP contribution in [0.2, 0.25) is 0 Å². The number of hydrogen-bond donors (Lipinski definition) is 0. The Morgan fingerprint density at radius 1 is 0.209 bits per heavy atom. The van der Waals surface area contributed by atoms with Crippen molar-refractivity contribution in [1.29, 1.82) is 0 Å². The van der Waals surface area contributed by atoms with Crippen LogP contribution >= 0.6 is 0 Å². The number of hydrogen-bond acceptors (Lipinski definition) is 2. The summed E-state index contributed by atoms with van der Waals surface area (Å²) in [6, 6.07) is 149. The first-order valence-corrected chi connectivity index (χ1v) is 40.3. The van der Waals surface area contributed by atoms with Crippen molar-refractivity contribution >= 4 is 101 Å². The lowest BCUT2D eigenvalue weighted by molar-refractivity contribution is 0.590. The highest BCUT2D eigenvalue weighted by Crippen LogP contribution is 2.56. The van der Waals surface area contributed by atoms with Crippen LogP contribution in [0.4, 0.5) is 34.1 Å². The lowest BCUT2D eigenvalue weighted by Gasteiger charge is -2.46. The van der Waals surface area contributed by atoms with E-state index >= 15 is 0 Å². The second-order valence-corrected chi connectivity index (χ2v) is 33.2. The molecule has 0 saturated heterocycles. The molecule has 0 bridgehead atoms. The van der Waals surface area contributed by atoms with Crippen LogP contribution in [-0.2, 0) is 10.8 Å². The molecule has 2 aliphatic heterocycles. The zero-order valence-electron chi connectivity index (χ0n) is 65.4. The monoisotopic (exact) mass is 1470 g/mol. The van der Waals surface area contributed by atoms with E-state index in [9.17, 15) is 0 Å². The first kappa shape index (κ1) is 69.0. The van der Waals surface area contributed by atoms with Gasteiger partial charge in [-0.25, -0.2) is 0 Å². The Morgan fingerprint density at radius 2 is 0.487 bits per heavy atom. The van der Waals surface area contributed by atoms with E-state index in [0.717, 1.165) is 134 Å². The Kier molecular flexibility index (Phi) is 16.5. The summed E-state index contributed by atoms with van der Waals surface area (Å²) in [6.45, 7) is 14.0. The molecule has 2 aromatic heterocycles. The molecule has 21 rings (SSSR count). The predicted octanol–water partition coefficient (Wildman–Crippen LogP) is 27.9. The molecule has 19 aromatic rings. The number of para-hydroxylation sites is 5. The van der Waals surface area contributed by atoms with Gasteiger partial charge in [-0.3, -0.25) is 0 Å². The van der Waals surface area contributed by atoms with Gasteiger partial charge in [0.25, 0.3) is 6.71 Å². The van der Waals surface area contributed by atoms with Crippen LogP contribution in [0.15, 0.2) is 394 Å². The first-order chi connectivity index (χ1) is 56.3. The number of aromatic nitrogens is 2. The summed E-state index contributed by atoms with van der Waals surface area (Å²) in [7, 11) is 0. The summed E-state index contributed by atoms with van der Waals surface area (Å²) in [5, 5.41) is 4.88. The summed E-state index contributed by atoms with van der Waals surface area (Å²) < 4.78 is 5.01. The fourth-order valence-electron chi connectivity index (χ4n) is 18.5. The number of benzene rings is 17. The molecule has 0 amide bonds. The zero-order chi connectivity index (χ0) is 77.2. The van der Waals surface area contributed by atoms with Crippen molar-refractivity contribution in [3.8, 4) is 100 Å². The molecule has 0 spiro atoms. The Bertz CT molecular complexity index is 6950. The van der Waals surface area contributed by atoms with E-state index in [1.165, 1.54) is 71.3 Å². The summed E-state index contributed by atoms with van der Waals surface area (Å²) in [5.74, 6) is 0. The predicted molar refractivity (Wildman–Crippen MR) is 490 cm³/mol. The van der Waals surface area contributed by atoms with Crippen LogP contribution in [0.25, 0.3) is 144 Å². The Morgan fingerprint density at radius 3 is 0.878 bits per heavy atom. The highest BCUT2D eigenvalue weighted by Gasteiger charge is 2.47. The quantitative estimate of drug-likeness (QED) is 0.113. The maximum absolute atomic E-state index is 2.75. The highest BCUT2D eigenvalue weighted by molar-refractivity contribution is 7.00. The van der Waals surface area contributed by atoms with Crippen molar-refractivity contribution in [2.75, 3.05) is 9.80 Å². The van der Waals surface area contributed by atoms with Crippen LogP contribution in [0.5, 0.6) is 0 Å². The first-order valence-electron chi connectivity index (χ1n) is 40.3. The van der Waals surface area contributed by atoms with E-state index in [2.05, 4.69) is 455 Å². The fourth-order valence-corrected chi connectivity index (χ4v) is 18.5. The molecule has 0 radical (unpaired) electrons. The molecule has 546 valence electrons. The van der Waals surface area contributed by atoms with Gasteiger partial charge in [0.05, 0.1) is 33.4 Å². The van der Waals surface area contributed by atoms with Crippen LogP contribution in [0, 0.1) is 0 Å². The minimum atomic E-state index is -0.372. The van der Waals surface area contributed by atoms with E-state index in [4.69, 9.17) is 0 Å². The second-order valence-electron chi connectivity index (χ2n) is 33.2. The Balaban J connectivity index is 0.903. The zero-order valence-corrected chi connectivity index (χ0v) is 65.4. The molecule has 2 aliphatic rings. The fraction of sp³-hybridized carbons (Fsp3) is 0.0727. The van der Waals surface area contributed by atoms with Crippen LogP contribution in [-0.4, -0.2) is 15.8 Å². The smallest absolute Gasteiger partial charge is 0.252 e. The molecule has 5 heteroatoms.